The molecule has 0 amide bonds. The van der Waals surface area contributed by atoms with Gasteiger partial charge in [0, 0.05) is 24.3 Å². The van der Waals surface area contributed by atoms with Gasteiger partial charge in [0.25, 0.3) is 0 Å². The molecule has 0 aliphatic heterocycles. The topological polar surface area (TPSA) is 15.3 Å². The van der Waals surface area contributed by atoms with Crippen LogP contribution in [0, 0.1) is 6.92 Å². The van der Waals surface area contributed by atoms with Gasteiger partial charge in [0.05, 0.1) is 6.04 Å². The maximum atomic E-state index is 5.96. The number of rotatable bonds is 5. The monoisotopic (exact) mass is 302 g/mol. The summed E-state index contributed by atoms with van der Waals surface area (Å²) >= 11 is 5.96. The van der Waals surface area contributed by atoms with Gasteiger partial charge in [0.15, 0.2) is 0 Å². The van der Waals surface area contributed by atoms with Crippen molar-refractivity contribution in [1.29, 1.82) is 0 Å². The third-order valence-electron chi connectivity index (χ3n) is 4.03. The van der Waals surface area contributed by atoms with Crippen molar-refractivity contribution in [3.8, 4) is 0 Å². The van der Waals surface area contributed by atoms with Gasteiger partial charge in [-0.15, -0.1) is 0 Å². The van der Waals surface area contributed by atoms with Gasteiger partial charge < -0.3 is 10.2 Å². The first-order chi connectivity index (χ1) is 10.0. The van der Waals surface area contributed by atoms with Crippen molar-refractivity contribution in [2.45, 2.75) is 26.4 Å². The Morgan fingerprint density at radius 1 is 1.14 bits per heavy atom. The molecule has 0 spiro atoms. The number of anilines is 1. The standard InChI is InChI=1S/C18H23ClN2/c1-13-11-18(10-7-16(13)12-20-3)21(4)14(2)15-5-8-17(19)9-6-15/h5-11,14,20H,12H2,1-4H3. The molecule has 0 aliphatic rings. The number of nitrogens with zero attached hydrogens (tertiary/aromatic N) is 1. The third kappa shape index (κ3) is 3.78. The van der Waals surface area contributed by atoms with E-state index in [-0.39, 0.29) is 0 Å². The summed E-state index contributed by atoms with van der Waals surface area (Å²) in [5.74, 6) is 0. The molecule has 0 heterocycles. The quantitative estimate of drug-likeness (QED) is 0.870. The summed E-state index contributed by atoms with van der Waals surface area (Å²) in [6.45, 7) is 5.28. The summed E-state index contributed by atoms with van der Waals surface area (Å²) < 4.78 is 0. The summed E-state index contributed by atoms with van der Waals surface area (Å²) in [5.41, 5.74) is 5.15. The molecule has 2 aromatic rings. The molecule has 0 bridgehead atoms. The van der Waals surface area contributed by atoms with Crippen LogP contribution < -0.4 is 10.2 Å². The highest BCUT2D eigenvalue weighted by atomic mass is 35.5. The van der Waals surface area contributed by atoms with Crippen LogP contribution in [-0.2, 0) is 6.54 Å². The third-order valence-corrected chi connectivity index (χ3v) is 4.29. The molecule has 2 aromatic carbocycles. The minimum atomic E-state index is 0.303. The van der Waals surface area contributed by atoms with E-state index in [2.05, 4.69) is 61.4 Å². The van der Waals surface area contributed by atoms with E-state index in [1.807, 2.05) is 19.2 Å². The Labute approximate surface area is 132 Å². The SMILES string of the molecule is CNCc1ccc(N(C)C(C)c2ccc(Cl)cc2)cc1C. The molecule has 2 rings (SSSR count). The average molecular weight is 303 g/mol. The normalized spacial score (nSPS) is 12.2. The molecule has 1 atom stereocenters. The number of nitrogens with one attached hydrogen (secondary N) is 1. The van der Waals surface area contributed by atoms with Crippen LogP contribution in [0.1, 0.15) is 29.7 Å². The lowest BCUT2D eigenvalue weighted by atomic mass is 10.0. The van der Waals surface area contributed by atoms with E-state index in [9.17, 15) is 0 Å². The van der Waals surface area contributed by atoms with Crippen molar-refractivity contribution in [2.75, 3.05) is 19.0 Å². The van der Waals surface area contributed by atoms with Gasteiger partial charge in [0.2, 0.25) is 0 Å². The molecule has 2 nitrogen and oxygen atoms in total. The van der Waals surface area contributed by atoms with E-state index < -0.39 is 0 Å². The molecular formula is C18H23ClN2. The highest BCUT2D eigenvalue weighted by Gasteiger charge is 2.13. The van der Waals surface area contributed by atoms with Crippen LogP contribution in [0.2, 0.25) is 5.02 Å². The van der Waals surface area contributed by atoms with Crippen molar-refractivity contribution in [3.05, 3.63) is 64.2 Å². The average Bonchev–Trinajstić information content (AvgIpc) is 2.49. The van der Waals surface area contributed by atoms with Gasteiger partial charge in [-0.1, -0.05) is 29.8 Å². The maximum absolute atomic E-state index is 5.96. The number of hydrogen-bond donors (Lipinski definition) is 1. The Balaban J connectivity index is 2.20. The molecule has 1 unspecified atom stereocenters. The van der Waals surface area contributed by atoms with Crippen molar-refractivity contribution in [1.82, 2.24) is 5.32 Å². The largest absolute Gasteiger partial charge is 0.368 e. The molecule has 112 valence electrons. The van der Waals surface area contributed by atoms with Crippen molar-refractivity contribution >= 4 is 17.3 Å². The number of aryl methyl sites for hydroxylation is 1. The Morgan fingerprint density at radius 3 is 2.38 bits per heavy atom. The summed E-state index contributed by atoms with van der Waals surface area (Å²) in [7, 11) is 4.11. The Kier molecular flexibility index (Phi) is 5.27. The number of hydrogen-bond acceptors (Lipinski definition) is 2. The van der Waals surface area contributed by atoms with Crippen LogP contribution in [0.3, 0.4) is 0 Å². The van der Waals surface area contributed by atoms with E-state index in [1.165, 1.54) is 22.4 Å². The first-order valence-corrected chi connectivity index (χ1v) is 7.63. The number of halogens is 1. The molecule has 0 radical (unpaired) electrons. The molecule has 3 heteroatoms. The molecule has 1 N–H and O–H groups in total. The van der Waals surface area contributed by atoms with Crippen LogP contribution in [0.15, 0.2) is 42.5 Å². The lowest BCUT2D eigenvalue weighted by Crippen LogP contribution is -2.21. The summed E-state index contributed by atoms with van der Waals surface area (Å²) in [6, 6.07) is 15.0. The predicted molar refractivity (Wildman–Crippen MR) is 92.2 cm³/mol. The van der Waals surface area contributed by atoms with Crippen molar-refractivity contribution in [3.63, 3.8) is 0 Å². The molecule has 0 fully saturated rings. The van der Waals surface area contributed by atoms with Gasteiger partial charge in [-0.05, 0) is 61.9 Å². The fourth-order valence-electron chi connectivity index (χ4n) is 2.48. The molecular weight excluding hydrogens is 280 g/mol. The Bertz CT molecular complexity index is 593. The van der Waals surface area contributed by atoms with Gasteiger partial charge in [-0.25, -0.2) is 0 Å². The molecule has 0 saturated carbocycles. The molecule has 0 aliphatic carbocycles. The van der Waals surface area contributed by atoms with Crippen LogP contribution in [0.5, 0.6) is 0 Å². The highest BCUT2D eigenvalue weighted by molar-refractivity contribution is 6.30. The lowest BCUT2D eigenvalue weighted by Gasteiger charge is -2.28. The fraction of sp³-hybridized carbons (Fsp3) is 0.333. The predicted octanol–water partition coefficient (Wildman–Crippen LogP) is 4.57. The Morgan fingerprint density at radius 2 is 1.81 bits per heavy atom. The van der Waals surface area contributed by atoms with E-state index in [0.717, 1.165) is 11.6 Å². The zero-order valence-corrected chi connectivity index (χ0v) is 13.9. The zero-order valence-electron chi connectivity index (χ0n) is 13.2. The van der Waals surface area contributed by atoms with Gasteiger partial charge in [-0.3, -0.25) is 0 Å². The van der Waals surface area contributed by atoms with Crippen LogP contribution in [0.4, 0.5) is 5.69 Å². The summed E-state index contributed by atoms with van der Waals surface area (Å²) in [5, 5.41) is 3.98. The van der Waals surface area contributed by atoms with Crippen LogP contribution >= 0.6 is 11.6 Å². The fourth-order valence-corrected chi connectivity index (χ4v) is 2.60. The second-order valence-electron chi connectivity index (χ2n) is 5.48. The zero-order chi connectivity index (χ0) is 15.4. The maximum Gasteiger partial charge on any atom is 0.0511 e. The van der Waals surface area contributed by atoms with Gasteiger partial charge >= 0.3 is 0 Å². The highest BCUT2D eigenvalue weighted by Crippen LogP contribution is 2.27. The first kappa shape index (κ1) is 15.9. The second kappa shape index (κ2) is 6.97. The van der Waals surface area contributed by atoms with Crippen molar-refractivity contribution < 1.29 is 0 Å². The van der Waals surface area contributed by atoms with Gasteiger partial charge in [0.1, 0.15) is 0 Å². The minimum absolute atomic E-state index is 0.303. The van der Waals surface area contributed by atoms with E-state index in [1.54, 1.807) is 0 Å². The lowest BCUT2D eigenvalue weighted by molar-refractivity contribution is 0.738. The minimum Gasteiger partial charge on any atom is -0.368 e. The Hall–Kier alpha value is -1.51. The molecule has 0 aromatic heterocycles. The summed E-state index contributed by atoms with van der Waals surface area (Å²) in [6.07, 6.45) is 0. The van der Waals surface area contributed by atoms with E-state index >= 15 is 0 Å². The summed E-state index contributed by atoms with van der Waals surface area (Å²) in [4.78, 5) is 2.29. The smallest absolute Gasteiger partial charge is 0.0511 e. The molecule has 0 saturated heterocycles. The first-order valence-electron chi connectivity index (χ1n) is 7.25. The second-order valence-corrected chi connectivity index (χ2v) is 5.92. The van der Waals surface area contributed by atoms with E-state index in [4.69, 9.17) is 11.6 Å². The van der Waals surface area contributed by atoms with E-state index in [0.29, 0.717) is 6.04 Å². The van der Waals surface area contributed by atoms with Crippen LogP contribution in [0.25, 0.3) is 0 Å². The van der Waals surface area contributed by atoms with Gasteiger partial charge in [-0.2, -0.15) is 0 Å². The number of benzene rings is 2. The van der Waals surface area contributed by atoms with Crippen molar-refractivity contribution in [2.24, 2.45) is 0 Å². The molecule has 21 heavy (non-hydrogen) atoms. The van der Waals surface area contributed by atoms with Crippen LogP contribution in [-0.4, -0.2) is 14.1 Å².